The fourth-order valence-electron chi connectivity index (χ4n) is 5.86. The molecule has 11 heteroatoms. The number of fused-ring (bicyclic) bond motifs is 2. The van der Waals surface area contributed by atoms with E-state index >= 15 is 0 Å². The zero-order chi connectivity index (χ0) is 26.4. The highest BCUT2D eigenvalue weighted by molar-refractivity contribution is 5.34. The van der Waals surface area contributed by atoms with E-state index in [1.54, 1.807) is 18.1 Å². The SMILES string of the molecule is Cn1cnc(CN2[C@H]3CC[C@@H](OCc4cc(C(F)(F)F)cc(C(F)(F)F)c4)[C@]2(c2ccccc2)CC3)n1. The summed E-state index contributed by atoms with van der Waals surface area (Å²) in [6.07, 6.45) is -5.57. The lowest BCUT2D eigenvalue weighted by molar-refractivity contribution is -0.143. The molecule has 2 aliphatic rings. The van der Waals surface area contributed by atoms with Gasteiger partial charge >= 0.3 is 12.4 Å². The number of rotatable bonds is 6. The lowest BCUT2D eigenvalue weighted by Gasteiger charge is -2.49. The zero-order valence-corrected chi connectivity index (χ0v) is 20.1. The van der Waals surface area contributed by atoms with Crippen molar-refractivity contribution in [1.29, 1.82) is 0 Å². The Balaban J connectivity index is 1.48. The molecule has 37 heavy (non-hydrogen) atoms. The maximum Gasteiger partial charge on any atom is 0.416 e. The maximum absolute atomic E-state index is 13.4. The molecule has 198 valence electrons. The van der Waals surface area contributed by atoms with Crippen LogP contribution in [0.1, 0.15) is 53.8 Å². The molecule has 0 saturated carbocycles. The highest BCUT2D eigenvalue weighted by atomic mass is 19.4. The van der Waals surface area contributed by atoms with Gasteiger partial charge in [-0.3, -0.25) is 9.58 Å². The van der Waals surface area contributed by atoms with Gasteiger partial charge in [0.25, 0.3) is 0 Å². The number of ether oxygens (including phenoxy) is 1. The van der Waals surface area contributed by atoms with Crippen molar-refractivity contribution in [3.63, 3.8) is 0 Å². The maximum atomic E-state index is 13.4. The topological polar surface area (TPSA) is 43.2 Å². The molecule has 3 heterocycles. The average molecular weight is 525 g/mol. The number of aryl methyl sites for hydroxylation is 1. The van der Waals surface area contributed by atoms with Crippen molar-refractivity contribution >= 4 is 0 Å². The van der Waals surface area contributed by atoms with Crippen LogP contribution in [-0.2, 0) is 42.8 Å². The van der Waals surface area contributed by atoms with E-state index in [1.807, 2.05) is 30.3 Å². The molecule has 0 unspecified atom stereocenters. The smallest absolute Gasteiger partial charge is 0.371 e. The molecule has 5 rings (SSSR count). The summed E-state index contributed by atoms with van der Waals surface area (Å²) in [5.74, 6) is 0.642. The van der Waals surface area contributed by atoms with Gasteiger partial charge < -0.3 is 4.74 Å². The Morgan fingerprint density at radius 3 is 2.22 bits per heavy atom. The number of hydrogen-bond donors (Lipinski definition) is 0. The molecule has 2 saturated heterocycles. The van der Waals surface area contributed by atoms with Crippen LogP contribution >= 0.6 is 0 Å². The molecule has 5 nitrogen and oxygen atoms in total. The average Bonchev–Trinajstić information content (AvgIpc) is 3.36. The summed E-state index contributed by atoms with van der Waals surface area (Å²) in [6, 6.07) is 11.6. The first-order valence-electron chi connectivity index (χ1n) is 12.0. The van der Waals surface area contributed by atoms with Gasteiger partial charge in [-0.1, -0.05) is 30.3 Å². The summed E-state index contributed by atoms with van der Waals surface area (Å²) in [5, 5.41) is 4.42. The second kappa shape index (κ2) is 9.43. The summed E-state index contributed by atoms with van der Waals surface area (Å²) in [6.45, 7) is 0.0919. The predicted molar refractivity (Wildman–Crippen MR) is 122 cm³/mol. The Morgan fingerprint density at radius 1 is 0.946 bits per heavy atom. The highest BCUT2D eigenvalue weighted by Crippen LogP contribution is 2.52. The van der Waals surface area contributed by atoms with Gasteiger partial charge in [-0.25, -0.2) is 4.98 Å². The Bertz CT molecular complexity index is 1210. The largest absolute Gasteiger partial charge is 0.416 e. The number of benzene rings is 2. The summed E-state index contributed by atoms with van der Waals surface area (Å²) in [7, 11) is 1.78. The van der Waals surface area contributed by atoms with Crippen LogP contribution in [0.15, 0.2) is 54.9 Å². The first-order chi connectivity index (χ1) is 17.5. The van der Waals surface area contributed by atoms with E-state index in [1.165, 1.54) is 0 Å². The molecule has 0 amide bonds. The molecule has 3 atom stereocenters. The second-order valence-corrected chi connectivity index (χ2v) is 9.74. The van der Waals surface area contributed by atoms with Gasteiger partial charge in [0.15, 0.2) is 5.82 Å². The van der Waals surface area contributed by atoms with Crippen molar-refractivity contribution in [1.82, 2.24) is 19.7 Å². The number of halogens is 6. The van der Waals surface area contributed by atoms with E-state index in [0.29, 0.717) is 18.8 Å². The van der Waals surface area contributed by atoms with E-state index in [0.717, 1.165) is 37.0 Å². The zero-order valence-electron chi connectivity index (χ0n) is 20.1. The third-order valence-corrected chi connectivity index (χ3v) is 7.44. The molecule has 2 bridgehead atoms. The van der Waals surface area contributed by atoms with Crippen LogP contribution in [0.5, 0.6) is 0 Å². The molecule has 1 aromatic heterocycles. The van der Waals surface area contributed by atoms with Crippen LogP contribution in [0.2, 0.25) is 0 Å². The second-order valence-electron chi connectivity index (χ2n) is 9.74. The first kappa shape index (κ1) is 25.7. The molecule has 0 spiro atoms. The molecule has 3 aromatic rings. The first-order valence-corrected chi connectivity index (χ1v) is 12.0. The van der Waals surface area contributed by atoms with Crippen molar-refractivity contribution in [3.05, 3.63) is 82.9 Å². The monoisotopic (exact) mass is 524 g/mol. The number of alkyl halides is 6. The summed E-state index contributed by atoms with van der Waals surface area (Å²) >= 11 is 0. The van der Waals surface area contributed by atoms with Crippen LogP contribution in [-0.4, -0.2) is 31.8 Å². The Morgan fingerprint density at radius 2 is 1.62 bits per heavy atom. The quantitative estimate of drug-likeness (QED) is 0.366. The van der Waals surface area contributed by atoms with Crippen LogP contribution < -0.4 is 0 Å². The van der Waals surface area contributed by atoms with Crippen LogP contribution in [0.25, 0.3) is 0 Å². The Hall–Kier alpha value is -2.92. The standard InChI is InChI=1S/C26H26F6N4O/c1-35-16-33-23(34-35)14-36-21-7-8-22(24(36,10-9-21)18-5-3-2-4-6-18)37-15-17-11-19(25(27,28)29)13-20(12-17)26(30,31)32/h2-6,11-13,16,21-22H,7-10,14-15H2,1H3/t21-,22+,24+/m0/s1. The fourth-order valence-corrected chi connectivity index (χ4v) is 5.86. The molecule has 2 aliphatic heterocycles. The highest BCUT2D eigenvalue weighted by Gasteiger charge is 2.56. The van der Waals surface area contributed by atoms with Crippen molar-refractivity contribution < 1.29 is 31.1 Å². The van der Waals surface area contributed by atoms with Gasteiger partial charge in [0, 0.05) is 13.1 Å². The third-order valence-electron chi connectivity index (χ3n) is 7.44. The molecule has 2 fully saturated rings. The van der Waals surface area contributed by atoms with Crippen molar-refractivity contribution in [3.8, 4) is 0 Å². The third kappa shape index (κ3) is 4.98. The van der Waals surface area contributed by atoms with Gasteiger partial charge in [-0.15, -0.1) is 0 Å². The predicted octanol–water partition coefficient (Wildman–Crippen LogP) is 6.09. The van der Waals surface area contributed by atoms with Gasteiger partial charge in [-0.05, 0) is 55.0 Å². The van der Waals surface area contributed by atoms with Gasteiger partial charge in [0.1, 0.15) is 6.33 Å². The van der Waals surface area contributed by atoms with Crippen LogP contribution in [0.3, 0.4) is 0 Å². The summed E-state index contributed by atoms with van der Waals surface area (Å²) < 4.78 is 88.1. The fraction of sp³-hybridized carbons (Fsp3) is 0.462. The minimum absolute atomic E-state index is 0.138. The van der Waals surface area contributed by atoms with Crippen molar-refractivity contribution in [2.24, 2.45) is 7.05 Å². The summed E-state index contributed by atoms with van der Waals surface area (Å²) in [4.78, 5) is 6.68. The molecular weight excluding hydrogens is 498 g/mol. The Labute approximate surface area is 210 Å². The van der Waals surface area contributed by atoms with Crippen molar-refractivity contribution in [2.45, 2.75) is 68.9 Å². The molecule has 2 aromatic carbocycles. The number of aromatic nitrogens is 3. The van der Waals surface area contributed by atoms with E-state index in [9.17, 15) is 26.3 Å². The number of hydrogen-bond acceptors (Lipinski definition) is 4. The van der Waals surface area contributed by atoms with E-state index in [2.05, 4.69) is 15.0 Å². The molecular formula is C26H26F6N4O. The van der Waals surface area contributed by atoms with Gasteiger partial charge in [-0.2, -0.15) is 31.4 Å². The lowest BCUT2D eigenvalue weighted by Crippen LogP contribution is -2.56. The van der Waals surface area contributed by atoms with E-state index in [-0.39, 0.29) is 24.3 Å². The molecule has 0 N–H and O–H groups in total. The summed E-state index contributed by atoms with van der Waals surface area (Å²) in [5.41, 5.74) is -2.45. The minimum Gasteiger partial charge on any atom is -0.371 e. The van der Waals surface area contributed by atoms with Crippen LogP contribution in [0, 0.1) is 0 Å². The number of nitrogens with zero attached hydrogens (tertiary/aromatic N) is 4. The lowest BCUT2D eigenvalue weighted by atomic mass is 9.79. The Kier molecular flexibility index (Phi) is 6.56. The minimum atomic E-state index is -4.91. The van der Waals surface area contributed by atoms with Crippen LogP contribution in [0.4, 0.5) is 26.3 Å². The molecule has 0 radical (unpaired) electrons. The molecule has 0 aliphatic carbocycles. The normalized spacial score (nSPS) is 24.5. The van der Waals surface area contributed by atoms with E-state index in [4.69, 9.17) is 4.74 Å². The van der Waals surface area contributed by atoms with E-state index < -0.39 is 35.1 Å². The van der Waals surface area contributed by atoms with Gasteiger partial charge in [0.2, 0.25) is 0 Å². The number of piperidine rings is 1. The van der Waals surface area contributed by atoms with Crippen molar-refractivity contribution in [2.75, 3.05) is 0 Å². The van der Waals surface area contributed by atoms with Gasteiger partial charge in [0.05, 0.1) is 35.9 Å².